The Labute approximate surface area is 120 Å². The summed E-state index contributed by atoms with van der Waals surface area (Å²) in [5.41, 5.74) is 1.28. The van der Waals surface area contributed by atoms with Gasteiger partial charge in [-0.05, 0) is 43.7 Å². The second-order valence-electron chi connectivity index (χ2n) is 5.52. The maximum atomic E-state index is 5.88. The molecule has 1 aromatic heterocycles. The van der Waals surface area contributed by atoms with E-state index in [0.29, 0.717) is 12.1 Å². The Balaban J connectivity index is 1.86. The summed E-state index contributed by atoms with van der Waals surface area (Å²) in [4.78, 5) is 4.39. The second kappa shape index (κ2) is 6.33. The van der Waals surface area contributed by atoms with E-state index in [-0.39, 0.29) is 0 Å². The van der Waals surface area contributed by atoms with Gasteiger partial charge < -0.3 is 10.1 Å². The van der Waals surface area contributed by atoms with Crippen molar-refractivity contribution in [2.45, 2.75) is 37.8 Å². The third-order valence-corrected chi connectivity index (χ3v) is 4.20. The Kier molecular flexibility index (Phi) is 4.28. The minimum atomic E-state index is 0.302. The van der Waals surface area contributed by atoms with Crippen molar-refractivity contribution >= 4 is 10.8 Å². The third kappa shape index (κ3) is 2.84. The number of fused-ring (bicyclic) bond motifs is 1. The predicted octanol–water partition coefficient (Wildman–Crippen LogP) is 3.45. The molecule has 3 rings (SSSR count). The Morgan fingerprint density at radius 2 is 2.20 bits per heavy atom. The Hall–Kier alpha value is -1.45. The molecule has 20 heavy (non-hydrogen) atoms. The zero-order valence-electron chi connectivity index (χ0n) is 12.0. The first-order chi connectivity index (χ1) is 9.88. The summed E-state index contributed by atoms with van der Waals surface area (Å²) in [7, 11) is 2.02. The average molecular weight is 270 g/mol. The van der Waals surface area contributed by atoms with Gasteiger partial charge in [-0.2, -0.15) is 0 Å². The lowest BCUT2D eigenvalue weighted by Crippen LogP contribution is -2.27. The van der Waals surface area contributed by atoms with Gasteiger partial charge in [0.2, 0.25) is 0 Å². The van der Waals surface area contributed by atoms with Crippen molar-refractivity contribution in [1.82, 2.24) is 10.3 Å². The van der Waals surface area contributed by atoms with Crippen LogP contribution in [0.2, 0.25) is 0 Å². The number of nitrogens with one attached hydrogen (secondary N) is 1. The molecule has 1 aliphatic rings. The van der Waals surface area contributed by atoms with E-state index in [1.165, 1.54) is 35.6 Å². The molecule has 1 aliphatic heterocycles. The lowest BCUT2D eigenvalue weighted by Gasteiger charge is -2.27. The van der Waals surface area contributed by atoms with Crippen molar-refractivity contribution < 1.29 is 4.74 Å². The van der Waals surface area contributed by atoms with Crippen LogP contribution in [0, 0.1) is 0 Å². The fourth-order valence-corrected chi connectivity index (χ4v) is 3.07. The average Bonchev–Trinajstić information content (AvgIpc) is 2.53. The van der Waals surface area contributed by atoms with Crippen LogP contribution >= 0.6 is 0 Å². The van der Waals surface area contributed by atoms with Crippen molar-refractivity contribution in [3.8, 4) is 0 Å². The summed E-state index contributed by atoms with van der Waals surface area (Å²) in [6.07, 6.45) is 8.99. The number of pyridine rings is 1. The van der Waals surface area contributed by atoms with Crippen LogP contribution in [0.1, 0.15) is 37.3 Å². The number of ether oxygens (including phenoxy) is 1. The second-order valence-corrected chi connectivity index (χ2v) is 5.52. The minimum absolute atomic E-state index is 0.302. The fourth-order valence-electron chi connectivity index (χ4n) is 3.07. The summed E-state index contributed by atoms with van der Waals surface area (Å²) in [6.45, 7) is 0.912. The SMILES string of the molecule is CNC(CC1CCCCO1)c1cncc2ccccc12. The van der Waals surface area contributed by atoms with E-state index < -0.39 is 0 Å². The molecule has 0 spiro atoms. The molecule has 2 aromatic rings. The number of rotatable bonds is 4. The Morgan fingerprint density at radius 3 is 3.00 bits per heavy atom. The highest BCUT2D eigenvalue weighted by atomic mass is 16.5. The van der Waals surface area contributed by atoms with E-state index in [4.69, 9.17) is 4.74 Å². The first kappa shape index (κ1) is 13.5. The normalized spacial score (nSPS) is 20.9. The Bertz CT molecular complexity index is 558. The van der Waals surface area contributed by atoms with Gasteiger partial charge in [-0.1, -0.05) is 24.3 Å². The molecule has 3 nitrogen and oxygen atoms in total. The van der Waals surface area contributed by atoms with Gasteiger partial charge in [-0.3, -0.25) is 4.98 Å². The molecular weight excluding hydrogens is 248 g/mol. The van der Waals surface area contributed by atoms with E-state index in [2.05, 4.69) is 34.6 Å². The van der Waals surface area contributed by atoms with Gasteiger partial charge >= 0.3 is 0 Å². The zero-order valence-corrected chi connectivity index (χ0v) is 12.0. The van der Waals surface area contributed by atoms with Crippen LogP contribution in [-0.4, -0.2) is 24.7 Å². The molecule has 2 atom stereocenters. The topological polar surface area (TPSA) is 34.1 Å². The quantitative estimate of drug-likeness (QED) is 0.924. The van der Waals surface area contributed by atoms with Crippen LogP contribution in [0.15, 0.2) is 36.7 Å². The van der Waals surface area contributed by atoms with Crippen molar-refractivity contribution in [3.63, 3.8) is 0 Å². The molecule has 2 unspecified atom stereocenters. The van der Waals surface area contributed by atoms with Gasteiger partial charge in [0.25, 0.3) is 0 Å². The first-order valence-electron chi connectivity index (χ1n) is 7.50. The van der Waals surface area contributed by atoms with Crippen molar-refractivity contribution in [3.05, 3.63) is 42.2 Å². The molecule has 1 aromatic carbocycles. The van der Waals surface area contributed by atoms with Crippen LogP contribution in [0.5, 0.6) is 0 Å². The van der Waals surface area contributed by atoms with Gasteiger partial charge in [0.05, 0.1) is 6.10 Å². The smallest absolute Gasteiger partial charge is 0.0593 e. The molecule has 3 heteroatoms. The molecule has 1 N–H and O–H groups in total. The van der Waals surface area contributed by atoms with E-state index in [1.807, 2.05) is 19.4 Å². The van der Waals surface area contributed by atoms with E-state index in [1.54, 1.807) is 0 Å². The van der Waals surface area contributed by atoms with E-state index in [9.17, 15) is 0 Å². The monoisotopic (exact) mass is 270 g/mol. The molecule has 106 valence electrons. The maximum Gasteiger partial charge on any atom is 0.0593 e. The standard InChI is InChI=1S/C17H22N2O/c1-18-17(10-14-7-4-5-9-20-14)16-12-19-11-13-6-2-3-8-15(13)16/h2-3,6,8,11-12,14,17-18H,4-5,7,9-10H2,1H3. The van der Waals surface area contributed by atoms with Gasteiger partial charge in [0.1, 0.15) is 0 Å². The summed E-state index contributed by atoms with van der Waals surface area (Å²) in [6, 6.07) is 8.76. The highest BCUT2D eigenvalue weighted by Crippen LogP contribution is 2.28. The molecule has 0 saturated carbocycles. The summed E-state index contributed by atoms with van der Waals surface area (Å²) in [5, 5.41) is 5.93. The number of aromatic nitrogens is 1. The van der Waals surface area contributed by atoms with Crippen LogP contribution < -0.4 is 5.32 Å². The van der Waals surface area contributed by atoms with Crippen LogP contribution in [0.3, 0.4) is 0 Å². The fraction of sp³-hybridized carbons (Fsp3) is 0.471. The number of hydrogen-bond acceptors (Lipinski definition) is 3. The van der Waals surface area contributed by atoms with Gasteiger partial charge in [0, 0.05) is 30.4 Å². The van der Waals surface area contributed by atoms with Crippen molar-refractivity contribution in [2.24, 2.45) is 0 Å². The van der Waals surface area contributed by atoms with Gasteiger partial charge in [-0.25, -0.2) is 0 Å². The van der Waals surface area contributed by atoms with Crippen LogP contribution in [0.25, 0.3) is 10.8 Å². The van der Waals surface area contributed by atoms with Crippen molar-refractivity contribution in [1.29, 1.82) is 0 Å². The molecule has 0 aliphatic carbocycles. The molecule has 0 amide bonds. The number of hydrogen-bond donors (Lipinski definition) is 1. The number of benzene rings is 1. The third-order valence-electron chi connectivity index (χ3n) is 4.20. The lowest BCUT2D eigenvalue weighted by atomic mass is 9.94. The number of nitrogens with zero attached hydrogens (tertiary/aromatic N) is 1. The van der Waals surface area contributed by atoms with Crippen LogP contribution in [0.4, 0.5) is 0 Å². The summed E-state index contributed by atoms with van der Waals surface area (Å²) >= 11 is 0. The molecule has 1 saturated heterocycles. The Morgan fingerprint density at radius 1 is 1.30 bits per heavy atom. The largest absolute Gasteiger partial charge is 0.378 e. The molecule has 0 bridgehead atoms. The molecule has 1 fully saturated rings. The summed E-state index contributed by atoms with van der Waals surface area (Å²) < 4.78 is 5.88. The highest BCUT2D eigenvalue weighted by Gasteiger charge is 2.21. The van der Waals surface area contributed by atoms with Crippen LogP contribution in [-0.2, 0) is 4.74 Å². The van der Waals surface area contributed by atoms with E-state index in [0.717, 1.165) is 13.0 Å². The highest BCUT2D eigenvalue weighted by molar-refractivity contribution is 5.85. The lowest BCUT2D eigenvalue weighted by molar-refractivity contribution is 0.00555. The van der Waals surface area contributed by atoms with Gasteiger partial charge in [-0.15, -0.1) is 0 Å². The maximum absolute atomic E-state index is 5.88. The predicted molar refractivity (Wildman–Crippen MR) is 81.8 cm³/mol. The van der Waals surface area contributed by atoms with E-state index >= 15 is 0 Å². The molecule has 0 radical (unpaired) electrons. The minimum Gasteiger partial charge on any atom is -0.378 e. The first-order valence-corrected chi connectivity index (χ1v) is 7.50. The summed E-state index contributed by atoms with van der Waals surface area (Å²) in [5.74, 6) is 0. The van der Waals surface area contributed by atoms with Gasteiger partial charge in [0.15, 0.2) is 0 Å². The zero-order chi connectivity index (χ0) is 13.8. The molecule has 2 heterocycles. The molecular formula is C17H22N2O. The van der Waals surface area contributed by atoms with Crippen molar-refractivity contribution in [2.75, 3.05) is 13.7 Å².